The summed E-state index contributed by atoms with van der Waals surface area (Å²) in [6.07, 6.45) is 2.49. The van der Waals surface area contributed by atoms with Crippen LogP contribution in [0.25, 0.3) is 0 Å². The smallest absolute Gasteiger partial charge is 0.335 e. The molecule has 0 spiro atoms. The van der Waals surface area contributed by atoms with Gasteiger partial charge < -0.3 is 20.8 Å². The van der Waals surface area contributed by atoms with Gasteiger partial charge in [0.1, 0.15) is 0 Å². The number of carboxylic acids is 2. The number of carbonyl (C=O) groups is 3. The fraction of sp³-hybridized carbons (Fsp3) is 0.438. The minimum Gasteiger partial charge on any atom is -0.481 e. The molecule has 0 unspecified atom stereocenters. The zero-order valence-corrected chi connectivity index (χ0v) is 12.6. The summed E-state index contributed by atoms with van der Waals surface area (Å²) in [6.45, 7) is 0.302. The minimum absolute atomic E-state index is 0.0000126. The lowest BCUT2D eigenvalue weighted by Gasteiger charge is -2.26. The van der Waals surface area contributed by atoms with E-state index >= 15 is 0 Å². The van der Waals surface area contributed by atoms with Crippen LogP contribution < -0.4 is 10.6 Å². The molecule has 23 heavy (non-hydrogen) atoms. The van der Waals surface area contributed by atoms with Crippen LogP contribution in [0.15, 0.2) is 24.3 Å². The predicted octanol–water partition coefficient (Wildman–Crippen LogP) is 1.83. The number of hydrogen-bond acceptors (Lipinski definition) is 3. The fourth-order valence-corrected chi connectivity index (χ4v) is 2.67. The average Bonchev–Trinajstić information content (AvgIpc) is 2.54. The molecule has 7 heteroatoms. The molecule has 1 saturated carbocycles. The predicted molar refractivity (Wildman–Crippen MR) is 82.2 cm³/mol. The van der Waals surface area contributed by atoms with E-state index in [9.17, 15) is 14.4 Å². The maximum atomic E-state index is 11.8. The van der Waals surface area contributed by atoms with Crippen LogP contribution in [-0.4, -0.2) is 34.2 Å². The topological polar surface area (TPSA) is 116 Å². The van der Waals surface area contributed by atoms with Crippen LogP contribution >= 0.6 is 0 Å². The minimum atomic E-state index is -0.987. The van der Waals surface area contributed by atoms with Crippen molar-refractivity contribution in [3.8, 4) is 0 Å². The molecule has 0 heterocycles. The van der Waals surface area contributed by atoms with E-state index in [2.05, 4.69) is 10.6 Å². The van der Waals surface area contributed by atoms with Crippen molar-refractivity contribution in [2.24, 2.45) is 5.92 Å². The molecule has 1 aromatic carbocycles. The van der Waals surface area contributed by atoms with Crippen molar-refractivity contribution in [1.29, 1.82) is 0 Å². The number of carbonyl (C=O) groups excluding carboxylic acids is 1. The molecule has 1 fully saturated rings. The van der Waals surface area contributed by atoms with Gasteiger partial charge in [-0.3, -0.25) is 4.79 Å². The summed E-state index contributed by atoms with van der Waals surface area (Å²) >= 11 is 0. The molecule has 1 aliphatic carbocycles. The van der Waals surface area contributed by atoms with Gasteiger partial charge in [-0.1, -0.05) is 12.1 Å². The Morgan fingerprint density at radius 1 is 1.00 bits per heavy atom. The van der Waals surface area contributed by atoms with Crippen molar-refractivity contribution < 1.29 is 24.6 Å². The largest absolute Gasteiger partial charge is 0.481 e. The van der Waals surface area contributed by atoms with E-state index in [-0.39, 0.29) is 23.6 Å². The zero-order valence-electron chi connectivity index (χ0n) is 12.6. The number of hydrogen-bond donors (Lipinski definition) is 4. The van der Waals surface area contributed by atoms with Crippen LogP contribution in [0, 0.1) is 5.92 Å². The first-order chi connectivity index (χ1) is 11.0. The van der Waals surface area contributed by atoms with Crippen LogP contribution in [-0.2, 0) is 11.3 Å². The van der Waals surface area contributed by atoms with Gasteiger partial charge in [0, 0.05) is 12.6 Å². The average molecular weight is 320 g/mol. The van der Waals surface area contributed by atoms with Gasteiger partial charge in [-0.05, 0) is 43.4 Å². The lowest BCUT2D eigenvalue weighted by molar-refractivity contribution is -0.142. The second kappa shape index (κ2) is 7.62. The molecule has 0 bridgehead atoms. The third-order valence-electron chi connectivity index (χ3n) is 4.07. The molecule has 2 rings (SSSR count). The normalized spacial score (nSPS) is 20.5. The lowest BCUT2D eigenvalue weighted by Crippen LogP contribution is -2.43. The Morgan fingerprint density at radius 3 is 2.13 bits per heavy atom. The molecule has 4 N–H and O–H groups in total. The van der Waals surface area contributed by atoms with E-state index in [1.807, 2.05) is 0 Å². The van der Waals surface area contributed by atoms with Crippen molar-refractivity contribution in [1.82, 2.24) is 10.6 Å². The van der Waals surface area contributed by atoms with E-state index in [4.69, 9.17) is 10.2 Å². The first-order valence-electron chi connectivity index (χ1n) is 7.55. The molecule has 0 atom stereocenters. The third-order valence-corrected chi connectivity index (χ3v) is 4.07. The summed E-state index contributed by atoms with van der Waals surface area (Å²) in [5.74, 6) is -2.05. The quantitative estimate of drug-likeness (QED) is 0.660. The number of benzene rings is 1. The summed E-state index contributed by atoms with van der Waals surface area (Å²) in [6, 6.07) is 5.99. The Labute approximate surface area is 133 Å². The third kappa shape index (κ3) is 4.98. The molecular weight excluding hydrogens is 300 g/mol. The molecule has 7 nitrogen and oxygen atoms in total. The molecule has 0 radical (unpaired) electrons. The molecule has 2 amide bonds. The number of rotatable bonds is 5. The van der Waals surface area contributed by atoms with Crippen molar-refractivity contribution in [3.05, 3.63) is 35.4 Å². The maximum absolute atomic E-state index is 11.8. The summed E-state index contributed by atoms with van der Waals surface area (Å²) in [4.78, 5) is 33.5. The van der Waals surface area contributed by atoms with Gasteiger partial charge in [0.05, 0.1) is 11.5 Å². The van der Waals surface area contributed by atoms with Gasteiger partial charge in [-0.15, -0.1) is 0 Å². The first kappa shape index (κ1) is 16.8. The van der Waals surface area contributed by atoms with E-state index in [0.717, 1.165) is 5.56 Å². The van der Waals surface area contributed by atoms with Crippen molar-refractivity contribution in [2.45, 2.75) is 38.3 Å². The van der Waals surface area contributed by atoms with Crippen molar-refractivity contribution in [3.63, 3.8) is 0 Å². The second-order valence-electron chi connectivity index (χ2n) is 5.72. The number of aromatic carboxylic acids is 1. The monoisotopic (exact) mass is 320 g/mol. The van der Waals surface area contributed by atoms with Gasteiger partial charge in [-0.2, -0.15) is 0 Å². The molecule has 0 aromatic heterocycles. The Kier molecular flexibility index (Phi) is 5.56. The fourth-order valence-electron chi connectivity index (χ4n) is 2.67. The Bertz CT molecular complexity index is 577. The Morgan fingerprint density at radius 2 is 1.61 bits per heavy atom. The van der Waals surface area contributed by atoms with E-state index in [0.29, 0.717) is 32.2 Å². The molecule has 0 aliphatic heterocycles. The summed E-state index contributed by atoms with van der Waals surface area (Å²) in [5.41, 5.74) is 1.01. The molecule has 1 aromatic rings. The van der Waals surface area contributed by atoms with Gasteiger partial charge in [0.15, 0.2) is 0 Å². The van der Waals surface area contributed by atoms with Crippen LogP contribution in [0.1, 0.15) is 41.6 Å². The number of carboxylic acid groups (broad SMARTS) is 2. The van der Waals surface area contributed by atoms with Crippen molar-refractivity contribution >= 4 is 18.0 Å². The highest BCUT2D eigenvalue weighted by atomic mass is 16.4. The van der Waals surface area contributed by atoms with Crippen LogP contribution in [0.5, 0.6) is 0 Å². The number of amides is 2. The van der Waals surface area contributed by atoms with E-state index in [1.54, 1.807) is 12.1 Å². The number of urea groups is 1. The summed E-state index contributed by atoms with van der Waals surface area (Å²) in [5, 5.41) is 23.3. The zero-order chi connectivity index (χ0) is 16.8. The lowest BCUT2D eigenvalue weighted by atomic mass is 9.86. The first-order valence-corrected chi connectivity index (χ1v) is 7.55. The molecule has 0 saturated heterocycles. The number of aliphatic carboxylic acids is 1. The Hall–Kier alpha value is -2.57. The molecular formula is C16H20N2O5. The summed E-state index contributed by atoms with van der Waals surface area (Å²) in [7, 11) is 0. The van der Waals surface area contributed by atoms with Gasteiger partial charge in [-0.25, -0.2) is 9.59 Å². The van der Waals surface area contributed by atoms with Crippen LogP contribution in [0.2, 0.25) is 0 Å². The molecule has 1 aliphatic rings. The molecule has 124 valence electrons. The SMILES string of the molecule is O=C(NCc1ccc(C(=O)O)cc1)NC1CCC(C(=O)O)CC1. The van der Waals surface area contributed by atoms with E-state index in [1.165, 1.54) is 12.1 Å². The highest BCUT2D eigenvalue weighted by Gasteiger charge is 2.26. The van der Waals surface area contributed by atoms with Gasteiger partial charge >= 0.3 is 18.0 Å². The second-order valence-corrected chi connectivity index (χ2v) is 5.72. The van der Waals surface area contributed by atoms with Gasteiger partial charge in [0.25, 0.3) is 0 Å². The number of nitrogens with one attached hydrogen (secondary N) is 2. The Balaban J connectivity index is 1.73. The standard InChI is InChI=1S/C16H20N2O5/c19-14(20)11-3-1-10(2-4-11)9-17-16(23)18-13-7-5-12(6-8-13)15(21)22/h1-4,12-13H,5-9H2,(H,19,20)(H,21,22)(H2,17,18,23). The van der Waals surface area contributed by atoms with Crippen LogP contribution in [0.4, 0.5) is 4.79 Å². The maximum Gasteiger partial charge on any atom is 0.335 e. The van der Waals surface area contributed by atoms with Crippen LogP contribution in [0.3, 0.4) is 0 Å². The van der Waals surface area contributed by atoms with Gasteiger partial charge in [0.2, 0.25) is 0 Å². The summed E-state index contributed by atoms with van der Waals surface area (Å²) < 4.78 is 0. The highest BCUT2D eigenvalue weighted by molar-refractivity contribution is 5.87. The van der Waals surface area contributed by atoms with Crippen molar-refractivity contribution in [2.75, 3.05) is 0 Å². The highest BCUT2D eigenvalue weighted by Crippen LogP contribution is 2.24. The van der Waals surface area contributed by atoms with E-state index < -0.39 is 11.9 Å².